The smallest absolute Gasteiger partial charge is 0.162 e. The Balaban J connectivity index is 1.92. The quantitative estimate of drug-likeness (QED) is 0.923. The lowest BCUT2D eigenvalue weighted by atomic mass is 10.4. The zero-order valence-corrected chi connectivity index (χ0v) is 10.7. The van der Waals surface area contributed by atoms with Gasteiger partial charge in [-0.3, -0.25) is 4.68 Å². The molecule has 0 fully saturated rings. The highest BCUT2D eigenvalue weighted by atomic mass is 35.5. The highest BCUT2D eigenvalue weighted by Gasteiger charge is 2.10. The van der Waals surface area contributed by atoms with Gasteiger partial charge in [0.15, 0.2) is 5.15 Å². The molecule has 5 nitrogen and oxygen atoms in total. The van der Waals surface area contributed by atoms with Crippen molar-refractivity contribution in [2.24, 2.45) is 0 Å². The second kappa shape index (κ2) is 5.17. The van der Waals surface area contributed by atoms with Crippen LogP contribution < -0.4 is 5.32 Å². The van der Waals surface area contributed by atoms with Crippen molar-refractivity contribution in [3.8, 4) is 6.07 Å². The van der Waals surface area contributed by atoms with Crippen molar-refractivity contribution >= 4 is 28.1 Å². The number of aromatic nitrogens is 3. The van der Waals surface area contributed by atoms with Crippen LogP contribution in [0.15, 0.2) is 12.4 Å². The molecule has 2 aromatic rings. The SMILES string of the molecule is Cc1cnn(CCNc2snc(Cl)c2C#N)c1. The van der Waals surface area contributed by atoms with Crippen molar-refractivity contribution in [1.82, 2.24) is 14.2 Å². The van der Waals surface area contributed by atoms with Gasteiger partial charge in [-0.05, 0) is 24.0 Å². The van der Waals surface area contributed by atoms with Crippen molar-refractivity contribution in [2.45, 2.75) is 13.5 Å². The third-order valence-corrected chi connectivity index (χ3v) is 3.33. The number of hydrogen-bond acceptors (Lipinski definition) is 5. The third-order valence-electron chi connectivity index (χ3n) is 2.15. The number of halogens is 1. The van der Waals surface area contributed by atoms with Gasteiger partial charge in [0, 0.05) is 12.7 Å². The predicted octanol–water partition coefficient (Wildman–Crippen LogP) is 2.29. The molecule has 0 spiro atoms. The average molecular weight is 268 g/mol. The molecule has 0 amide bonds. The summed E-state index contributed by atoms with van der Waals surface area (Å²) in [7, 11) is 0. The lowest BCUT2D eigenvalue weighted by Crippen LogP contribution is -2.10. The van der Waals surface area contributed by atoms with Crippen LogP contribution in [-0.2, 0) is 6.54 Å². The molecule has 2 rings (SSSR count). The van der Waals surface area contributed by atoms with Crippen LogP contribution in [0.1, 0.15) is 11.1 Å². The molecule has 0 unspecified atom stereocenters. The van der Waals surface area contributed by atoms with Gasteiger partial charge < -0.3 is 5.32 Å². The molecule has 0 aliphatic rings. The summed E-state index contributed by atoms with van der Waals surface area (Å²) in [6.45, 7) is 3.40. The van der Waals surface area contributed by atoms with Crippen molar-refractivity contribution in [3.05, 3.63) is 28.7 Å². The summed E-state index contributed by atoms with van der Waals surface area (Å²) in [5.74, 6) is 0. The molecule has 0 aliphatic carbocycles. The summed E-state index contributed by atoms with van der Waals surface area (Å²) in [5.41, 5.74) is 1.54. The van der Waals surface area contributed by atoms with Crippen molar-refractivity contribution in [1.29, 1.82) is 5.26 Å². The Morgan fingerprint density at radius 1 is 1.65 bits per heavy atom. The van der Waals surface area contributed by atoms with Gasteiger partial charge in [0.2, 0.25) is 0 Å². The first-order valence-electron chi connectivity index (χ1n) is 4.99. The van der Waals surface area contributed by atoms with Gasteiger partial charge in [-0.25, -0.2) is 0 Å². The first kappa shape index (κ1) is 11.9. The largest absolute Gasteiger partial charge is 0.373 e. The van der Waals surface area contributed by atoms with Gasteiger partial charge in [0.25, 0.3) is 0 Å². The van der Waals surface area contributed by atoms with Crippen molar-refractivity contribution in [2.75, 3.05) is 11.9 Å². The Kier molecular flexibility index (Phi) is 3.61. The molecule has 0 aromatic carbocycles. The highest BCUT2D eigenvalue weighted by Crippen LogP contribution is 2.27. The molecule has 0 atom stereocenters. The number of hydrogen-bond donors (Lipinski definition) is 1. The van der Waals surface area contributed by atoms with Crippen LogP contribution in [0.2, 0.25) is 5.15 Å². The maximum Gasteiger partial charge on any atom is 0.162 e. The Labute approximate surface area is 108 Å². The summed E-state index contributed by atoms with van der Waals surface area (Å²) in [6.07, 6.45) is 3.77. The maximum atomic E-state index is 8.88. The third kappa shape index (κ3) is 2.75. The molecular formula is C10H10ClN5S. The normalized spacial score (nSPS) is 10.2. The fourth-order valence-electron chi connectivity index (χ4n) is 1.36. The van der Waals surface area contributed by atoms with Crippen LogP contribution >= 0.6 is 23.1 Å². The van der Waals surface area contributed by atoms with E-state index in [-0.39, 0.29) is 5.15 Å². The van der Waals surface area contributed by atoms with Crippen LogP contribution in [0.25, 0.3) is 0 Å². The van der Waals surface area contributed by atoms with E-state index < -0.39 is 0 Å². The van der Waals surface area contributed by atoms with E-state index in [1.165, 1.54) is 11.5 Å². The van der Waals surface area contributed by atoms with Gasteiger partial charge in [-0.2, -0.15) is 14.7 Å². The Morgan fingerprint density at radius 2 is 2.47 bits per heavy atom. The first-order valence-corrected chi connectivity index (χ1v) is 6.14. The van der Waals surface area contributed by atoms with Gasteiger partial charge in [0.1, 0.15) is 16.6 Å². The van der Waals surface area contributed by atoms with Crippen molar-refractivity contribution < 1.29 is 0 Å². The standard InChI is InChI=1S/C10H10ClN5S/c1-7-5-14-16(6-7)3-2-13-10-8(4-12)9(11)15-17-10/h5-6,13H,2-3H2,1H3. The Bertz CT molecular complexity index is 553. The fourth-order valence-corrected chi connectivity index (χ4v) is 2.32. The lowest BCUT2D eigenvalue weighted by molar-refractivity contribution is 0.638. The van der Waals surface area contributed by atoms with E-state index >= 15 is 0 Å². The summed E-state index contributed by atoms with van der Waals surface area (Å²) in [4.78, 5) is 0. The van der Waals surface area contributed by atoms with E-state index in [4.69, 9.17) is 16.9 Å². The fraction of sp³-hybridized carbons (Fsp3) is 0.300. The monoisotopic (exact) mass is 267 g/mol. The van der Waals surface area contributed by atoms with E-state index in [9.17, 15) is 0 Å². The van der Waals surface area contributed by atoms with Crippen LogP contribution in [0.3, 0.4) is 0 Å². The molecule has 0 aliphatic heterocycles. The van der Waals surface area contributed by atoms with Crippen LogP contribution in [-0.4, -0.2) is 20.7 Å². The maximum absolute atomic E-state index is 8.88. The van der Waals surface area contributed by atoms with E-state index in [0.717, 1.165) is 12.1 Å². The Hall–Kier alpha value is -1.58. The molecular weight excluding hydrogens is 258 g/mol. The van der Waals surface area contributed by atoms with Crippen LogP contribution in [0, 0.1) is 18.3 Å². The second-order valence-corrected chi connectivity index (χ2v) is 4.63. The summed E-state index contributed by atoms with van der Waals surface area (Å²) in [6, 6.07) is 2.03. The number of nitrogens with zero attached hydrogens (tertiary/aromatic N) is 4. The number of nitriles is 1. The summed E-state index contributed by atoms with van der Waals surface area (Å²) < 4.78 is 5.76. The van der Waals surface area contributed by atoms with E-state index in [1.54, 1.807) is 0 Å². The molecule has 88 valence electrons. The zero-order chi connectivity index (χ0) is 12.3. The van der Waals surface area contributed by atoms with Crippen LogP contribution in [0.5, 0.6) is 0 Å². The molecule has 0 radical (unpaired) electrons. The number of anilines is 1. The number of rotatable bonds is 4. The van der Waals surface area contributed by atoms with Gasteiger partial charge in [-0.1, -0.05) is 11.6 Å². The minimum Gasteiger partial charge on any atom is -0.373 e. The number of nitrogens with one attached hydrogen (secondary N) is 1. The summed E-state index contributed by atoms with van der Waals surface area (Å²) in [5, 5.41) is 17.2. The molecule has 2 heterocycles. The predicted molar refractivity (Wildman–Crippen MR) is 67.3 cm³/mol. The topological polar surface area (TPSA) is 66.5 Å². The lowest BCUT2D eigenvalue weighted by Gasteiger charge is -2.03. The van der Waals surface area contributed by atoms with Gasteiger partial charge in [-0.15, -0.1) is 0 Å². The minimum absolute atomic E-state index is 0.259. The zero-order valence-electron chi connectivity index (χ0n) is 9.14. The molecule has 17 heavy (non-hydrogen) atoms. The van der Waals surface area contributed by atoms with Crippen LogP contribution in [0.4, 0.5) is 5.00 Å². The second-order valence-electron chi connectivity index (χ2n) is 3.50. The number of aryl methyl sites for hydroxylation is 1. The molecule has 1 N–H and O–H groups in total. The average Bonchev–Trinajstić information content (AvgIpc) is 2.86. The molecule has 0 saturated heterocycles. The molecule has 0 bridgehead atoms. The highest BCUT2D eigenvalue weighted by molar-refractivity contribution is 7.10. The van der Waals surface area contributed by atoms with Gasteiger partial charge in [0.05, 0.1) is 12.7 Å². The van der Waals surface area contributed by atoms with E-state index in [1.807, 2.05) is 30.1 Å². The minimum atomic E-state index is 0.259. The Morgan fingerprint density at radius 3 is 3.12 bits per heavy atom. The molecule has 7 heteroatoms. The van der Waals surface area contributed by atoms with Crippen molar-refractivity contribution in [3.63, 3.8) is 0 Å². The molecule has 2 aromatic heterocycles. The van der Waals surface area contributed by atoms with Gasteiger partial charge >= 0.3 is 0 Å². The molecule has 0 saturated carbocycles. The van der Waals surface area contributed by atoms with E-state index in [2.05, 4.69) is 14.8 Å². The summed E-state index contributed by atoms with van der Waals surface area (Å²) >= 11 is 6.96. The van der Waals surface area contributed by atoms with E-state index in [0.29, 0.717) is 17.1 Å². The first-order chi connectivity index (χ1) is 8.20.